The van der Waals surface area contributed by atoms with Crippen LogP contribution in [0.5, 0.6) is 0 Å². The number of nitrogens with one attached hydrogen (secondary N) is 2. The van der Waals surface area contributed by atoms with E-state index in [9.17, 15) is 4.79 Å². The summed E-state index contributed by atoms with van der Waals surface area (Å²) in [6, 6.07) is 6.49. The predicted molar refractivity (Wildman–Crippen MR) is 95.7 cm³/mol. The Morgan fingerprint density at radius 2 is 2.13 bits per heavy atom. The lowest BCUT2D eigenvalue weighted by molar-refractivity contribution is -0.121. The van der Waals surface area contributed by atoms with Crippen LogP contribution < -0.4 is 16.4 Å². The molecule has 0 aliphatic heterocycles. The van der Waals surface area contributed by atoms with E-state index in [4.69, 9.17) is 5.73 Å². The van der Waals surface area contributed by atoms with E-state index >= 15 is 0 Å². The lowest BCUT2D eigenvalue weighted by Gasteiger charge is -2.19. The first-order valence-corrected chi connectivity index (χ1v) is 8.57. The zero-order valence-corrected chi connectivity index (χ0v) is 14.2. The number of carbonyl (C=O) groups excluding carboxylic acids is 1. The van der Waals surface area contributed by atoms with E-state index in [1.165, 1.54) is 24.0 Å². The number of nitrogens with zero attached hydrogens (tertiary/aromatic N) is 1. The average molecular weight is 316 g/mol. The zero-order chi connectivity index (χ0) is 16.7. The largest absolute Gasteiger partial charge is 0.370 e. The highest BCUT2D eigenvalue weighted by Gasteiger charge is 2.13. The molecule has 1 amide bonds. The summed E-state index contributed by atoms with van der Waals surface area (Å²) in [5.41, 5.74) is 9.77. The van der Waals surface area contributed by atoms with Gasteiger partial charge < -0.3 is 16.4 Å². The summed E-state index contributed by atoms with van der Waals surface area (Å²) in [5.74, 6) is 0.397. The molecule has 5 heteroatoms. The Bertz CT molecular complexity index is 568. The molecule has 126 valence electrons. The second kappa shape index (κ2) is 8.56. The van der Waals surface area contributed by atoms with Gasteiger partial charge in [0.1, 0.15) is 0 Å². The number of nitrogens with two attached hydrogens (primary N) is 1. The standard InChI is InChI=1S/C18H28N4O/c1-3-13(2)21-17(23)11-12-20-18(19)22-16-10-6-8-14-7-4-5-9-15(14)16/h6,8,10,13H,3-5,7,9,11-12H2,1-2H3,(H,21,23)(H3,19,20,22). The van der Waals surface area contributed by atoms with Gasteiger partial charge >= 0.3 is 0 Å². The second-order valence-corrected chi connectivity index (χ2v) is 6.17. The maximum absolute atomic E-state index is 11.7. The van der Waals surface area contributed by atoms with Gasteiger partial charge in [-0.1, -0.05) is 19.1 Å². The monoisotopic (exact) mass is 316 g/mol. The Labute approximate surface area is 138 Å². The van der Waals surface area contributed by atoms with Crippen LogP contribution in [0.4, 0.5) is 5.69 Å². The van der Waals surface area contributed by atoms with Gasteiger partial charge in [-0.2, -0.15) is 0 Å². The van der Waals surface area contributed by atoms with Crippen molar-refractivity contribution in [1.29, 1.82) is 0 Å². The van der Waals surface area contributed by atoms with Crippen LogP contribution in [0.2, 0.25) is 0 Å². The third kappa shape index (κ3) is 5.27. The van der Waals surface area contributed by atoms with Gasteiger partial charge in [0, 0.05) is 18.2 Å². The summed E-state index contributed by atoms with van der Waals surface area (Å²) in [4.78, 5) is 16.0. The molecule has 0 heterocycles. The highest BCUT2D eigenvalue weighted by atomic mass is 16.1. The van der Waals surface area contributed by atoms with E-state index in [1.807, 2.05) is 19.9 Å². The number of rotatable bonds is 6. The lowest BCUT2D eigenvalue weighted by Crippen LogP contribution is -2.32. The Morgan fingerprint density at radius 3 is 2.91 bits per heavy atom. The first-order chi connectivity index (χ1) is 11.1. The number of aliphatic imine (C=N–C) groups is 1. The molecule has 0 radical (unpaired) electrons. The highest BCUT2D eigenvalue weighted by Crippen LogP contribution is 2.27. The average Bonchev–Trinajstić information content (AvgIpc) is 2.55. The quantitative estimate of drug-likeness (QED) is 0.557. The van der Waals surface area contributed by atoms with Crippen molar-refractivity contribution < 1.29 is 4.79 Å². The minimum absolute atomic E-state index is 0.0213. The van der Waals surface area contributed by atoms with Gasteiger partial charge in [-0.25, -0.2) is 0 Å². The van der Waals surface area contributed by atoms with Crippen molar-refractivity contribution in [2.24, 2.45) is 10.7 Å². The molecule has 4 N–H and O–H groups in total. The molecule has 1 atom stereocenters. The molecule has 2 rings (SSSR count). The summed E-state index contributed by atoms with van der Waals surface area (Å²) in [6.45, 7) is 4.44. The number of amides is 1. The van der Waals surface area contributed by atoms with Gasteiger partial charge in [0.25, 0.3) is 0 Å². The topological polar surface area (TPSA) is 79.5 Å². The predicted octanol–water partition coefficient (Wildman–Crippen LogP) is 2.60. The van der Waals surface area contributed by atoms with E-state index < -0.39 is 0 Å². The van der Waals surface area contributed by atoms with Crippen LogP contribution >= 0.6 is 0 Å². The fraction of sp³-hybridized carbons (Fsp3) is 0.556. The summed E-state index contributed by atoms with van der Waals surface area (Å²) in [5, 5.41) is 6.12. The Kier molecular flexibility index (Phi) is 6.44. The van der Waals surface area contributed by atoms with Gasteiger partial charge in [0.2, 0.25) is 5.91 Å². The Balaban J connectivity index is 1.87. The molecule has 0 saturated heterocycles. The second-order valence-electron chi connectivity index (χ2n) is 6.17. The van der Waals surface area contributed by atoms with Crippen LogP contribution in [0.15, 0.2) is 23.2 Å². The van der Waals surface area contributed by atoms with Gasteiger partial charge in [0.05, 0.1) is 6.54 Å². The number of hydrogen-bond donors (Lipinski definition) is 3. The highest BCUT2D eigenvalue weighted by molar-refractivity contribution is 5.93. The third-order valence-electron chi connectivity index (χ3n) is 4.30. The number of guanidine groups is 1. The SMILES string of the molecule is CCC(C)NC(=O)CCN=C(N)Nc1cccc2c1CCCC2. The van der Waals surface area contributed by atoms with Crippen molar-refractivity contribution in [2.75, 3.05) is 11.9 Å². The summed E-state index contributed by atoms with van der Waals surface area (Å²) >= 11 is 0. The van der Waals surface area contributed by atoms with Gasteiger partial charge in [-0.05, 0) is 56.2 Å². The van der Waals surface area contributed by atoms with E-state index in [-0.39, 0.29) is 11.9 Å². The molecule has 1 aliphatic carbocycles. The fourth-order valence-electron chi connectivity index (χ4n) is 2.80. The molecule has 0 aromatic heterocycles. The third-order valence-corrected chi connectivity index (χ3v) is 4.30. The number of hydrogen-bond acceptors (Lipinski definition) is 2. The van der Waals surface area contributed by atoms with E-state index in [0.717, 1.165) is 24.9 Å². The minimum atomic E-state index is 0.0213. The lowest BCUT2D eigenvalue weighted by atomic mass is 9.90. The van der Waals surface area contributed by atoms with E-state index in [2.05, 4.69) is 27.8 Å². The van der Waals surface area contributed by atoms with Gasteiger partial charge in [0.15, 0.2) is 5.96 Å². The first-order valence-electron chi connectivity index (χ1n) is 8.57. The van der Waals surface area contributed by atoms with Crippen LogP contribution in [0.3, 0.4) is 0 Å². The Morgan fingerprint density at radius 1 is 1.35 bits per heavy atom. The van der Waals surface area contributed by atoms with Crippen LogP contribution in [0.25, 0.3) is 0 Å². The van der Waals surface area contributed by atoms with Crippen molar-refractivity contribution in [3.8, 4) is 0 Å². The van der Waals surface area contributed by atoms with Crippen molar-refractivity contribution in [1.82, 2.24) is 5.32 Å². The molecule has 1 aromatic carbocycles. The fourth-order valence-corrected chi connectivity index (χ4v) is 2.80. The van der Waals surface area contributed by atoms with Crippen LogP contribution in [0.1, 0.15) is 50.7 Å². The molecule has 5 nitrogen and oxygen atoms in total. The van der Waals surface area contributed by atoms with Crippen molar-refractivity contribution in [2.45, 2.75) is 58.4 Å². The number of fused-ring (bicyclic) bond motifs is 1. The minimum Gasteiger partial charge on any atom is -0.370 e. The molecule has 23 heavy (non-hydrogen) atoms. The van der Waals surface area contributed by atoms with Gasteiger partial charge in [-0.3, -0.25) is 9.79 Å². The molecule has 0 saturated carbocycles. The molecule has 0 bridgehead atoms. The number of benzene rings is 1. The van der Waals surface area contributed by atoms with Crippen molar-refractivity contribution in [3.63, 3.8) is 0 Å². The molecule has 1 aromatic rings. The van der Waals surface area contributed by atoms with Gasteiger partial charge in [-0.15, -0.1) is 0 Å². The zero-order valence-electron chi connectivity index (χ0n) is 14.2. The summed E-state index contributed by atoms with van der Waals surface area (Å²) in [7, 11) is 0. The number of aryl methyl sites for hydroxylation is 1. The molecule has 1 aliphatic rings. The number of carbonyl (C=O) groups is 1. The molecule has 0 spiro atoms. The molecular formula is C18H28N4O. The van der Waals surface area contributed by atoms with Crippen LogP contribution in [-0.4, -0.2) is 24.5 Å². The first kappa shape index (κ1) is 17.3. The molecule has 1 unspecified atom stereocenters. The maximum Gasteiger partial charge on any atom is 0.222 e. The van der Waals surface area contributed by atoms with Crippen molar-refractivity contribution >= 4 is 17.6 Å². The smallest absolute Gasteiger partial charge is 0.222 e. The van der Waals surface area contributed by atoms with Crippen LogP contribution in [0, 0.1) is 0 Å². The maximum atomic E-state index is 11.7. The van der Waals surface area contributed by atoms with Crippen molar-refractivity contribution in [3.05, 3.63) is 29.3 Å². The number of anilines is 1. The Hall–Kier alpha value is -2.04. The summed E-state index contributed by atoms with van der Waals surface area (Å²) < 4.78 is 0. The van der Waals surface area contributed by atoms with E-state index in [0.29, 0.717) is 18.9 Å². The normalized spacial score (nSPS) is 15.7. The van der Waals surface area contributed by atoms with E-state index in [1.54, 1.807) is 0 Å². The van der Waals surface area contributed by atoms with Crippen LogP contribution in [-0.2, 0) is 17.6 Å². The molecule has 0 fully saturated rings. The molecular weight excluding hydrogens is 288 g/mol. The summed E-state index contributed by atoms with van der Waals surface area (Å²) in [6.07, 6.45) is 5.99.